The molecule has 0 spiro atoms. The first kappa shape index (κ1) is 17.0. The summed E-state index contributed by atoms with van der Waals surface area (Å²) < 4.78 is 4.98. The lowest BCUT2D eigenvalue weighted by molar-refractivity contribution is -0.145. The summed E-state index contributed by atoms with van der Waals surface area (Å²) in [4.78, 5) is 23.7. The van der Waals surface area contributed by atoms with E-state index < -0.39 is 6.04 Å². The summed E-state index contributed by atoms with van der Waals surface area (Å²) in [5, 5.41) is 5.43. The van der Waals surface area contributed by atoms with Crippen LogP contribution in [0.2, 0.25) is 0 Å². The Hall–Kier alpha value is -2.04. The molecule has 5 nitrogen and oxygen atoms in total. The third kappa shape index (κ3) is 6.79. The SMILES string of the molecule is CCCCC(NC(=O)NCc1ccccc1)C(=O)OCC. The van der Waals surface area contributed by atoms with E-state index in [-0.39, 0.29) is 12.0 Å². The number of unbranched alkanes of at least 4 members (excludes halogenated alkanes) is 1. The quantitative estimate of drug-likeness (QED) is 0.724. The Morgan fingerprint density at radius 3 is 2.52 bits per heavy atom. The van der Waals surface area contributed by atoms with Crippen molar-refractivity contribution in [3.8, 4) is 0 Å². The molecule has 1 aromatic rings. The highest BCUT2D eigenvalue weighted by atomic mass is 16.5. The summed E-state index contributed by atoms with van der Waals surface area (Å²) in [7, 11) is 0. The maximum Gasteiger partial charge on any atom is 0.328 e. The molecule has 1 atom stereocenters. The van der Waals surface area contributed by atoms with E-state index in [1.54, 1.807) is 6.92 Å². The van der Waals surface area contributed by atoms with Crippen molar-refractivity contribution in [2.45, 2.75) is 45.7 Å². The highest BCUT2D eigenvalue weighted by Gasteiger charge is 2.21. The van der Waals surface area contributed by atoms with Crippen LogP contribution in [-0.2, 0) is 16.1 Å². The second kappa shape index (κ2) is 9.80. The highest BCUT2D eigenvalue weighted by molar-refractivity contribution is 5.83. The van der Waals surface area contributed by atoms with Crippen LogP contribution in [0, 0.1) is 0 Å². The van der Waals surface area contributed by atoms with E-state index in [4.69, 9.17) is 4.74 Å². The zero-order chi connectivity index (χ0) is 15.5. The summed E-state index contributed by atoms with van der Waals surface area (Å²) >= 11 is 0. The second-order valence-corrected chi connectivity index (χ2v) is 4.76. The minimum absolute atomic E-state index is 0.314. The zero-order valence-corrected chi connectivity index (χ0v) is 12.7. The van der Waals surface area contributed by atoms with Crippen LogP contribution in [0.4, 0.5) is 4.79 Å². The molecule has 5 heteroatoms. The van der Waals surface area contributed by atoms with Gasteiger partial charge in [0.05, 0.1) is 6.61 Å². The Kier molecular flexibility index (Phi) is 7.94. The first-order valence-electron chi connectivity index (χ1n) is 7.42. The molecule has 116 valence electrons. The van der Waals surface area contributed by atoms with Crippen LogP contribution in [0.3, 0.4) is 0 Å². The normalized spacial score (nSPS) is 11.5. The second-order valence-electron chi connectivity index (χ2n) is 4.76. The molecule has 2 N–H and O–H groups in total. The molecule has 0 fully saturated rings. The van der Waals surface area contributed by atoms with Crippen LogP contribution in [-0.4, -0.2) is 24.6 Å². The fraction of sp³-hybridized carbons (Fsp3) is 0.500. The molecule has 1 rings (SSSR count). The van der Waals surface area contributed by atoms with Gasteiger partial charge in [0.25, 0.3) is 0 Å². The number of ether oxygens (including phenoxy) is 1. The summed E-state index contributed by atoms with van der Waals surface area (Å²) in [6, 6.07) is 8.68. The van der Waals surface area contributed by atoms with Gasteiger partial charge in [0.1, 0.15) is 6.04 Å². The van der Waals surface area contributed by atoms with E-state index in [2.05, 4.69) is 10.6 Å². The minimum atomic E-state index is -0.583. The van der Waals surface area contributed by atoms with E-state index >= 15 is 0 Å². The van der Waals surface area contributed by atoms with Gasteiger partial charge >= 0.3 is 12.0 Å². The van der Waals surface area contributed by atoms with Gasteiger partial charge in [-0.1, -0.05) is 50.1 Å². The van der Waals surface area contributed by atoms with Crippen LogP contribution in [0.25, 0.3) is 0 Å². The van der Waals surface area contributed by atoms with Crippen molar-refractivity contribution in [3.05, 3.63) is 35.9 Å². The van der Waals surface area contributed by atoms with E-state index in [0.29, 0.717) is 19.6 Å². The number of esters is 1. The first-order chi connectivity index (χ1) is 10.2. The lowest BCUT2D eigenvalue weighted by Gasteiger charge is -2.17. The zero-order valence-electron chi connectivity index (χ0n) is 12.7. The van der Waals surface area contributed by atoms with E-state index in [9.17, 15) is 9.59 Å². The van der Waals surface area contributed by atoms with Crippen LogP contribution < -0.4 is 10.6 Å². The predicted octanol–water partition coefficient (Wildman–Crippen LogP) is 2.61. The van der Waals surface area contributed by atoms with Crippen molar-refractivity contribution in [1.29, 1.82) is 0 Å². The number of carbonyl (C=O) groups is 2. The molecule has 0 aromatic heterocycles. The third-order valence-corrected chi connectivity index (χ3v) is 3.02. The first-order valence-corrected chi connectivity index (χ1v) is 7.42. The van der Waals surface area contributed by atoms with Crippen molar-refractivity contribution >= 4 is 12.0 Å². The van der Waals surface area contributed by atoms with E-state index in [1.165, 1.54) is 0 Å². The molecule has 2 amide bonds. The number of benzene rings is 1. The summed E-state index contributed by atoms with van der Waals surface area (Å²) in [6.45, 7) is 4.53. The molecule has 0 bridgehead atoms. The van der Waals surface area contributed by atoms with Gasteiger partial charge in [-0.05, 0) is 18.9 Å². The van der Waals surface area contributed by atoms with Crippen molar-refractivity contribution in [3.63, 3.8) is 0 Å². The van der Waals surface area contributed by atoms with Crippen molar-refractivity contribution in [1.82, 2.24) is 10.6 Å². The maximum absolute atomic E-state index is 11.9. The fourth-order valence-electron chi connectivity index (χ4n) is 1.89. The predicted molar refractivity (Wildman–Crippen MR) is 81.8 cm³/mol. The molecular weight excluding hydrogens is 268 g/mol. The molecule has 0 aliphatic rings. The summed E-state index contributed by atoms with van der Waals surface area (Å²) in [5.41, 5.74) is 1.01. The smallest absolute Gasteiger partial charge is 0.328 e. The molecule has 0 radical (unpaired) electrons. The molecule has 0 heterocycles. The topological polar surface area (TPSA) is 67.4 Å². The molecular formula is C16H24N2O3. The average molecular weight is 292 g/mol. The fourth-order valence-corrected chi connectivity index (χ4v) is 1.89. The van der Waals surface area contributed by atoms with E-state index in [0.717, 1.165) is 18.4 Å². The monoisotopic (exact) mass is 292 g/mol. The van der Waals surface area contributed by atoms with Gasteiger partial charge in [0.15, 0.2) is 0 Å². The van der Waals surface area contributed by atoms with E-state index in [1.807, 2.05) is 37.3 Å². The Labute approximate surface area is 126 Å². The van der Waals surface area contributed by atoms with Gasteiger partial charge < -0.3 is 15.4 Å². The molecule has 0 saturated heterocycles. The number of hydrogen-bond acceptors (Lipinski definition) is 3. The van der Waals surface area contributed by atoms with Crippen molar-refractivity contribution < 1.29 is 14.3 Å². The molecule has 1 aromatic carbocycles. The Morgan fingerprint density at radius 2 is 1.90 bits per heavy atom. The number of amides is 2. The molecule has 0 aliphatic heterocycles. The van der Waals surface area contributed by atoms with Crippen LogP contribution in [0.1, 0.15) is 38.7 Å². The Morgan fingerprint density at radius 1 is 1.19 bits per heavy atom. The maximum atomic E-state index is 11.9. The lowest BCUT2D eigenvalue weighted by Crippen LogP contribution is -2.46. The number of hydrogen-bond donors (Lipinski definition) is 2. The number of rotatable bonds is 8. The van der Waals surface area contributed by atoms with Crippen LogP contribution in [0.15, 0.2) is 30.3 Å². The van der Waals surface area contributed by atoms with Gasteiger partial charge in [0, 0.05) is 6.54 Å². The Balaban J connectivity index is 2.45. The van der Waals surface area contributed by atoms with Crippen molar-refractivity contribution in [2.75, 3.05) is 6.61 Å². The summed E-state index contributed by atoms with van der Waals surface area (Å²) in [6.07, 6.45) is 2.42. The van der Waals surface area contributed by atoms with Crippen molar-refractivity contribution in [2.24, 2.45) is 0 Å². The number of urea groups is 1. The largest absolute Gasteiger partial charge is 0.464 e. The number of nitrogens with one attached hydrogen (secondary N) is 2. The molecule has 0 saturated carbocycles. The average Bonchev–Trinajstić information content (AvgIpc) is 2.50. The third-order valence-electron chi connectivity index (χ3n) is 3.02. The van der Waals surface area contributed by atoms with Gasteiger partial charge in [-0.2, -0.15) is 0 Å². The highest BCUT2D eigenvalue weighted by Crippen LogP contribution is 2.03. The minimum Gasteiger partial charge on any atom is -0.464 e. The van der Waals surface area contributed by atoms with Gasteiger partial charge in [-0.3, -0.25) is 0 Å². The molecule has 1 unspecified atom stereocenters. The molecule has 0 aliphatic carbocycles. The number of carbonyl (C=O) groups excluding carboxylic acids is 2. The Bertz CT molecular complexity index is 434. The summed E-state index contributed by atoms with van der Waals surface area (Å²) in [5.74, 6) is -0.374. The van der Waals surface area contributed by atoms with Gasteiger partial charge in [-0.15, -0.1) is 0 Å². The van der Waals surface area contributed by atoms with Gasteiger partial charge in [0.2, 0.25) is 0 Å². The molecule has 21 heavy (non-hydrogen) atoms. The van der Waals surface area contributed by atoms with Gasteiger partial charge in [-0.25, -0.2) is 9.59 Å². The lowest BCUT2D eigenvalue weighted by atomic mass is 10.1. The van der Waals surface area contributed by atoms with Crippen LogP contribution >= 0.6 is 0 Å². The standard InChI is InChI=1S/C16H24N2O3/c1-3-5-11-14(15(19)21-4-2)18-16(20)17-12-13-9-7-6-8-10-13/h6-10,14H,3-5,11-12H2,1-2H3,(H2,17,18,20). The van der Waals surface area contributed by atoms with Crippen LogP contribution in [0.5, 0.6) is 0 Å².